The Balaban J connectivity index is 1.52. The molecule has 0 amide bonds. The zero-order valence-corrected chi connectivity index (χ0v) is 14.8. The van der Waals surface area contributed by atoms with Crippen LogP contribution in [0.15, 0.2) is 48.5 Å². The van der Waals surface area contributed by atoms with Crippen LogP contribution in [0.4, 0.5) is 5.69 Å². The second-order valence-electron chi connectivity index (χ2n) is 6.38. The van der Waals surface area contributed by atoms with Gasteiger partial charge in [0.25, 0.3) is 5.69 Å². The number of morpholine rings is 1. The van der Waals surface area contributed by atoms with Gasteiger partial charge in [-0.05, 0) is 48.7 Å². The van der Waals surface area contributed by atoms with Crippen LogP contribution in [0.2, 0.25) is 0 Å². The molecule has 3 rings (SSSR count). The summed E-state index contributed by atoms with van der Waals surface area (Å²) in [7, 11) is 0. The van der Waals surface area contributed by atoms with E-state index < -0.39 is 4.92 Å². The zero-order chi connectivity index (χ0) is 18.2. The van der Waals surface area contributed by atoms with E-state index in [1.54, 1.807) is 12.1 Å². The first kappa shape index (κ1) is 18.4. The molecule has 1 aliphatic heterocycles. The van der Waals surface area contributed by atoms with Gasteiger partial charge in [-0.2, -0.15) is 0 Å². The van der Waals surface area contributed by atoms with E-state index in [2.05, 4.69) is 11.0 Å². The second kappa shape index (κ2) is 9.31. The smallest absolute Gasteiger partial charge is 0.269 e. The monoisotopic (exact) mass is 356 g/mol. The third kappa shape index (κ3) is 5.28. The van der Waals surface area contributed by atoms with Crippen LogP contribution in [0, 0.1) is 10.1 Å². The van der Waals surface area contributed by atoms with Crippen LogP contribution in [0.3, 0.4) is 0 Å². The highest BCUT2D eigenvalue weighted by Crippen LogP contribution is 2.22. The average Bonchev–Trinajstić information content (AvgIpc) is 2.68. The predicted molar refractivity (Wildman–Crippen MR) is 99.5 cm³/mol. The Morgan fingerprint density at radius 3 is 2.54 bits per heavy atom. The number of hydrogen-bond acceptors (Lipinski definition) is 5. The number of hydrogen-bond donors (Lipinski definition) is 0. The normalized spacial score (nSPS) is 14.9. The molecule has 1 aliphatic rings. The third-order valence-corrected chi connectivity index (χ3v) is 4.54. The Morgan fingerprint density at radius 2 is 1.81 bits per heavy atom. The van der Waals surface area contributed by atoms with E-state index in [4.69, 9.17) is 9.47 Å². The number of nitro groups is 1. The molecule has 1 heterocycles. The minimum Gasteiger partial charge on any atom is -0.489 e. The van der Waals surface area contributed by atoms with E-state index in [1.165, 1.54) is 17.7 Å². The lowest BCUT2D eigenvalue weighted by Crippen LogP contribution is -2.36. The number of non-ortho nitro benzene ring substituents is 1. The van der Waals surface area contributed by atoms with E-state index in [0.29, 0.717) is 6.61 Å². The van der Waals surface area contributed by atoms with Crippen molar-refractivity contribution in [2.75, 3.05) is 32.8 Å². The van der Waals surface area contributed by atoms with E-state index in [0.717, 1.165) is 57.0 Å². The molecule has 138 valence electrons. The van der Waals surface area contributed by atoms with Gasteiger partial charge in [0.05, 0.1) is 18.1 Å². The molecular weight excluding hydrogens is 332 g/mol. The largest absolute Gasteiger partial charge is 0.489 e. The van der Waals surface area contributed by atoms with Crippen molar-refractivity contribution in [1.29, 1.82) is 0 Å². The van der Waals surface area contributed by atoms with Crippen LogP contribution < -0.4 is 4.74 Å². The van der Waals surface area contributed by atoms with Gasteiger partial charge in [-0.15, -0.1) is 0 Å². The van der Waals surface area contributed by atoms with Crippen molar-refractivity contribution in [1.82, 2.24) is 4.90 Å². The van der Waals surface area contributed by atoms with E-state index in [1.807, 2.05) is 18.2 Å². The molecule has 0 N–H and O–H groups in total. The molecule has 2 aromatic rings. The molecule has 0 saturated carbocycles. The zero-order valence-electron chi connectivity index (χ0n) is 14.8. The van der Waals surface area contributed by atoms with Crippen LogP contribution in [0.25, 0.3) is 0 Å². The van der Waals surface area contributed by atoms with Gasteiger partial charge in [0, 0.05) is 25.2 Å². The number of ether oxygens (including phenoxy) is 2. The van der Waals surface area contributed by atoms with Gasteiger partial charge in [-0.25, -0.2) is 0 Å². The van der Waals surface area contributed by atoms with E-state index >= 15 is 0 Å². The van der Waals surface area contributed by atoms with Crippen molar-refractivity contribution >= 4 is 5.69 Å². The third-order valence-electron chi connectivity index (χ3n) is 4.54. The van der Waals surface area contributed by atoms with Gasteiger partial charge in [0.1, 0.15) is 12.4 Å². The molecule has 1 saturated heterocycles. The van der Waals surface area contributed by atoms with Crippen LogP contribution in [-0.2, 0) is 17.8 Å². The molecule has 0 aromatic heterocycles. The van der Waals surface area contributed by atoms with Crippen molar-refractivity contribution in [3.8, 4) is 5.75 Å². The maximum Gasteiger partial charge on any atom is 0.269 e. The molecule has 2 aromatic carbocycles. The Hall–Kier alpha value is -2.44. The van der Waals surface area contributed by atoms with Crippen molar-refractivity contribution in [2.24, 2.45) is 0 Å². The number of benzene rings is 2. The Bertz CT molecular complexity index is 712. The first-order chi connectivity index (χ1) is 12.7. The lowest BCUT2D eigenvalue weighted by atomic mass is 10.1. The number of nitro benzene ring substituents is 1. The fourth-order valence-corrected chi connectivity index (χ4v) is 3.04. The first-order valence-corrected chi connectivity index (χ1v) is 8.96. The first-order valence-electron chi connectivity index (χ1n) is 8.96. The fraction of sp³-hybridized carbons (Fsp3) is 0.400. The summed E-state index contributed by atoms with van der Waals surface area (Å²) < 4.78 is 11.3. The number of aryl methyl sites for hydroxylation is 1. The van der Waals surface area contributed by atoms with Gasteiger partial charge in [0.15, 0.2) is 0 Å². The standard InChI is InChI=1S/C20H24N2O4/c23-22(24)19-9-7-17(8-10-19)16-26-20-6-2-1-4-18(20)5-3-11-21-12-14-25-15-13-21/h1-2,4,6-10H,3,5,11-16H2. The molecule has 26 heavy (non-hydrogen) atoms. The molecule has 0 unspecified atom stereocenters. The van der Waals surface area contributed by atoms with Crippen molar-refractivity contribution in [3.63, 3.8) is 0 Å². The molecule has 6 heteroatoms. The summed E-state index contributed by atoms with van der Waals surface area (Å²) >= 11 is 0. The molecule has 0 bridgehead atoms. The number of para-hydroxylation sites is 1. The fourth-order valence-electron chi connectivity index (χ4n) is 3.04. The summed E-state index contributed by atoms with van der Waals surface area (Å²) in [4.78, 5) is 12.8. The molecule has 0 radical (unpaired) electrons. The lowest BCUT2D eigenvalue weighted by molar-refractivity contribution is -0.384. The Kier molecular flexibility index (Phi) is 6.57. The summed E-state index contributed by atoms with van der Waals surface area (Å²) in [5.41, 5.74) is 2.21. The van der Waals surface area contributed by atoms with Crippen molar-refractivity contribution < 1.29 is 14.4 Å². The highest BCUT2D eigenvalue weighted by Gasteiger charge is 2.11. The highest BCUT2D eigenvalue weighted by atomic mass is 16.6. The average molecular weight is 356 g/mol. The van der Waals surface area contributed by atoms with Crippen molar-refractivity contribution in [3.05, 3.63) is 69.8 Å². The molecule has 6 nitrogen and oxygen atoms in total. The Morgan fingerprint density at radius 1 is 1.08 bits per heavy atom. The highest BCUT2D eigenvalue weighted by molar-refractivity contribution is 5.35. The van der Waals surface area contributed by atoms with Gasteiger partial charge in [-0.3, -0.25) is 15.0 Å². The van der Waals surface area contributed by atoms with Gasteiger partial charge in [0.2, 0.25) is 0 Å². The maximum absolute atomic E-state index is 10.7. The topological polar surface area (TPSA) is 64.8 Å². The minimum absolute atomic E-state index is 0.0947. The molecule has 1 fully saturated rings. The summed E-state index contributed by atoms with van der Waals surface area (Å²) in [5, 5.41) is 10.7. The molecule has 0 spiro atoms. The van der Waals surface area contributed by atoms with E-state index in [9.17, 15) is 10.1 Å². The Labute approximate surface area is 153 Å². The molecule has 0 atom stereocenters. The SMILES string of the molecule is O=[N+]([O-])c1ccc(COc2ccccc2CCCN2CCOCC2)cc1. The van der Waals surface area contributed by atoms with E-state index in [-0.39, 0.29) is 5.69 Å². The lowest BCUT2D eigenvalue weighted by Gasteiger charge is -2.26. The molecular formula is C20H24N2O4. The predicted octanol–water partition coefficient (Wildman–Crippen LogP) is 3.44. The number of nitrogens with zero attached hydrogens (tertiary/aromatic N) is 2. The summed E-state index contributed by atoms with van der Waals surface area (Å²) in [6.45, 7) is 5.15. The summed E-state index contributed by atoms with van der Waals surface area (Å²) in [6.07, 6.45) is 2.05. The van der Waals surface area contributed by atoms with Gasteiger partial charge < -0.3 is 9.47 Å². The van der Waals surface area contributed by atoms with Crippen molar-refractivity contribution in [2.45, 2.75) is 19.4 Å². The van der Waals surface area contributed by atoms with Gasteiger partial charge in [-0.1, -0.05) is 18.2 Å². The minimum atomic E-state index is -0.394. The van der Waals surface area contributed by atoms with Crippen LogP contribution >= 0.6 is 0 Å². The number of rotatable bonds is 8. The summed E-state index contributed by atoms with van der Waals surface area (Å²) in [6, 6.07) is 14.6. The van der Waals surface area contributed by atoms with Gasteiger partial charge >= 0.3 is 0 Å². The summed E-state index contributed by atoms with van der Waals surface area (Å²) in [5.74, 6) is 0.882. The second-order valence-corrected chi connectivity index (χ2v) is 6.38. The van der Waals surface area contributed by atoms with Crippen LogP contribution in [-0.4, -0.2) is 42.7 Å². The maximum atomic E-state index is 10.7. The molecule has 0 aliphatic carbocycles. The quantitative estimate of drug-likeness (QED) is 0.535. The van der Waals surface area contributed by atoms with Crippen LogP contribution in [0.1, 0.15) is 17.5 Å². The van der Waals surface area contributed by atoms with Crippen LogP contribution in [0.5, 0.6) is 5.75 Å².